The molecule has 2 heteroatoms. The van der Waals surface area contributed by atoms with Gasteiger partial charge in [-0.15, -0.1) is 12.1 Å². The monoisotopic (exact) mass is 528 g/mol. The molecule has 0 aliphatic rings. The smallest absolute Gasteiger partial charge is 0.376 e. The average molecular weight is 529 g/mol. The molecule has 0 unspecified atom stereocenters. The predicted molar refractivity (Wildman–Crippen MR) is 129 cm³/mol. The second-order valence-electron chi connectivity index (χ2n) is 7.27. The van der Waals surface area contributed by atoms with Gasteiger partial charge in [0.2, 0.25) is 0 Å². The fourth-order valence-electron chi connectivity index (χ4n) is 3.05. The molecule has 166 valence electrons. The maximum Gasteiger partial charge on any atom is 4.00 e. The quantitative estimate of drug-likeness (QED) is 0.154. The van der Waals surface area contributed by atoms with Gasteiger partial charge in [0.25, 0.3) is 0 Å². The number of carbonyl (C=O) groups excluding carboxylic acids is 1. The molecule has 0 saturated carbocycles. The van der Waals surface area contributed by atoms with E-state index in [1.54, 1.807) is 30.6 Å². The molecule has 0 N–H and O–H groups in total. The van der Waals surface area contributed by atoms with Crippen molar-refractivity contribution >= 4 is 6.29 Å². The third-order valence-corrected chi connectivity index (χ3v) is 4.75. The molecule has 1 aromatic rings. The van der Waals surface area contributed by atoms with Crippen LogP contribution in [0.15, 0.2) is 30.3 Å². The topological polar surface area (TPSA) is 17.1 Å². The van der Waals surface area contributed by atoms with Gasteiger partial charge in [-0.2, -0.15) is 24.1 Å². The van der Waals surface area contributed by atoms with Gasteiger partial charge >= 0.3 is 41.7 Å². The number of hydrogen-bond acceptors (Lipinski definition) is 1. The second kappa shape index (κ2) is 32.9. The summed E-state index contributed by atoms with van der Waals surface area (Å²) in [5.74, 6) is 0. The third kappa shape index (κ3) is 30.5. The summed E-state index contributed by atoms with van der Waals surface area (Å²) in [5, 5.41) is 0. The first-order valence-electron chi connectivity index (χ1n) is 11.1. The van der Waals surface area contributed by atoms with Crippen LogP contribution in [0.25, 0.3) is 0 Å². The minimum Gasteiger partial charge on any atom is -0.376 e. The normalized spacial score (nSPS) is 9.17. The van der Waals surface area contributed by atoms with Crippen LogP contribution in [0.5, 0.6) is 0 Å². The summed E-state index contributed by atoms with van der Waals surface area (Å²) < 4.78 is 0. The minimum absolute atomic E-state index is 0. The molecule has 0 amide bonds. The molecule has 0 aromatic heterocycles. The molecule has 0 bridgehead atoms. The van der Waals surface area contributed by atoms with Crippen molar-refractivity contribution < 1.29 is 46.5 Å². The average Bonchev–Trinajstić information content (AvgIpc) is 2.69. The Balaban J connectivity index is -0.000000241. The fourth-order valence-corrected chi connectivity index (χ4v) is 3.05. The maximum atomic E-state index is 9.88. The van der Waals surface area contributed by atoms with E-state index in [1.807, 2.05) is 6.07 Å². The molecule has 29 heavy (non-hydrogen) atoms. The molecule has 1 nitrogen and oxygen atoms in total. The van der Waals surface area contributed by atoms with E-state index in [-0.39, 0.29) is 56.6 Å². The van der Waals surface area contributed by atoms with E-state index in [2.05, 4.69) is 13.8 Å². The molecule has 0 aliphatic carbocycles. The summed E-state index contributed by atoms with van der Waals surface area (Å²) in [6.07, 6.45) is 24.6. The van der Waals surface area contributed by atoms with Crippen molar-refractivity contribution in [1.29, 1.82) is 0 Å². The molecule has 1 rings (SSSR count). The van der Waals surface area contributed by atoms with Crippen molar-refractivity contribution in [3.05, 3.63) is 57.7 Å². The third-order valence-electron chi connectivity index (χ3n) is 4.75. The van der Waals surface area contributed by atoms with Gasteiger partial charge in [-0.1, -0.05) is 109 Å². The van der Waals surface area contributed by atoms with Gasteiger partial charge in [-0.05, 0) is 0 Å². The van der Waals surface area contributed by atoms with Crippen molar-refractivity contribution in [1.82, 2.24) is 0 Å². The van der Waals surface area contributed by atoms with Crippen molar-refractivity contribution in [2.45, 2.75) is 110 Å². The van der Waals surface area contributed by atoms with E-state index in [1.165, 1.54) is 96.3 Å². The number of rotatable bonds is 16. The van der Waals surface area contributed by atoms with E-state index in [9.17, 15) is 4.79 Å². The molecular formula is C27H48CeO. The molecule has 0 aliphatic heterocycles. The van der Waals surface area contributed by atoms with Crippen molar-refractivity contribution in [2.75, 3.05) is 0 Å². The van der Waals surface area contributed by atoms with Gasteiger partial charge in [-0.3, -0.25) is 0 Å². The first-order valence-corrected chi connectivity index (χ1v) is 11.1. The Morgan fingerprint density at radius 3 is 1.28 bits per heavy atom. The Morgan fingerprint density at radius 1 is 0.655 bits per heavy atom. The van der Waals surface area contributed by atoms with Gasteiger partial charge in [0, 0.05) is 0 Å². The molecule has 0 heterocycles. The van der Waals surface area contributed by atoms with Gasteiger partial charge in [-0.25, -0.2) is 0 Å². The zero-order chi connectivity index (χ0) is 19.1. The molecular weight excluding hydrogens is 480 g/mol. The summed E-state index contributed by atoms with van der Waals surface area (Å²) in [6.45, 7) is 6.18. The van der Waals surface area contributed by atoms with E-state index in [0.717, 1.165) is 6.42 Å². The van der Waals surface area contributed by atoms with E-state index in [0.29, 0.717) is 5.56 Å². The predicted octanol–water partition coefficient (Wildman–Crippen LogP) is 9.13. The molecule has 0 spiro atoms. The van der Waals surface area contributed by atoms with Crippen LogP contribution in [-0.4, -0.2) is 6.29 Å². The minimum atomic E-state index is 0. The van der Waals surface area contributed by atoms with Crippen LogP contribution in [-0.2, 0) is 4.79 Å². The zero-order valence-corrected chi connectivity index (χ0v) is 23.0. The van der Waals surface area contributed by atoms with Crippen molar-refractivity contribution in [2.24, 2.45) is 0 Å². The SMILES string of the molecule is O=[C-]c1ccccc1.[CH2-]CCCCCCCCCCCCCCCCC.[CH3-].[CH3-].[Ce+4]. The summed E-state index contributed by atoms with van der Waals surface area (Å²) in [6, 6.07) is 8.90. The van der Waals surface area contributed by atoms with Crippen LogP contribution in [0.2, 0.25) is 0 Å². The molecule has 0 fully saturated rings. The Morgan fingerprint density at radius 2 is 1.00 bits per heavy atom. The molecule has 0 saturated heterocycles. The number of hydrogen-bond donors (Lipinski definition) is 0. The molecule has 1 aromatic carbocycles. The largest absolute Gasteiger partial charge is 4.00 e. The van der Waals surface area contributed by atoms with E-state index in [4.69, 9.17) is 0 Å². The van der Waals surface area contributed by atoms with E-state index < -0.39 is 0 Å². The standard InChI is InChI=1S/C18H37.C7H5O.2CH3.Ce/c1-3-5-7-9-11-13-15-17-18-16-14-12-10-8-6-4-2;8-6-7-4-2-1-3-5-7;;;/h1,3-18H2,2H3;1-5H;2*1H3;/q4*-1;+4. The van der Waals surface area contributed by atoms with Crippen LogP contribution in [0.1, 0.15) is 115 Å². The number of unbranched alkanes of at least 4 members (excludes halogenated alkanes) is 15. The number of benzene rings is 1. The Kier molecular flexibility index (Phi) is 41.6. The molecule has 0 radical (unpaired) electrons. The maximum absolute atomic E-state index is 9.88. The second-order valence-corrected chi connectivity index (χ2v) is 7.27. The zero-order valence-electron chi connectivity index (χ0n) is 19.8. The van der Waals surface area contributed by atoms with Gasteiger partial charge in [0.05, 0.1) is 6.29 Å². The Bertz CT molecular complexity index is 361. The van der Waals surface area contributed by atoms with Crippen LogP contribution in [0.3, 0.4) is 0 Å². The summed E-state index contributed by atoms with van der Waals surface area (Å²) in [7, 11) is 0. The first kappa shape index (κ1) is 36.6. The van der Waals surface area contributed by atoms with Crippen LogP contribution in [0.4, 0.5) is 0 Å². The summed E-state index contributed by atoms with van der Waals surface area (Å²) in [5.41, 5.74) is 0.604. The Hall–Kier alpha value is 0.267. The van der Waals surface area contributed by atoms with Crippen molar-refractivity contribution in [3.63, 3.8) is 0 Å². The van der Waals surface area contributed by atoms with Crippen LogP contribution in [0, 0.1) is 63.5 Å². The van der Waals surface area contributed by atoms with E-state index >= 15 is 0 Å². The van der Waals surface area contributed by atoms with Crippen LogP contribution < -0.4 is 0 Å². The first-order chi connectivity index (χ1) is 12.8. The summed E-state index contributed by atoms with van der Waals surface area (Å²) >= 11 is 0. The molecule has 0 atom stereocenters. The summed E-state index contributed by atoms with van der Waals surface area (Å²) in [4.78, 5) is 9.88. The van der Waals surface area contributed by atoms with Gasteiger partial charge in [0.15, 0.2) is 0 Å². The van der Waals surface area contributed by atoms with Gasteiger partial charge < -0.3 is 26.6 Å². The van der Waals surface area contributed by atoms with Crippen LogP contribution >= 0.6 is 0 Å². The van der Waals surface area contributed by atoms with Gasteiger partial charge in [0.1, 0.15) is 0 Å². The Labute approximate surface area is 218 Å². The van der Waals surface area contributed by atoms with Crippen molar-refractivity contribution in [3.8, 4) is 0 Å². The fraction of sp³-hybridized carbons (Fsp3) is 0.630.